The maximum absolute atomic E-state index is 13.0. The van der Waals surface area contributed by atoms with Crippen molar-refractivity contribution < 1.29 is 4.79 Å². The number of fused-ring (bicyclic) bond motifs is 1. The molecule has 122 valence electrons. The van der Waals surface area contributed by atoms with Crippen LogP contribution in [-0.4, -0.2) is 35.4 Å². The molecule has 4 nitrogen and oxygen atoms in total. The number of hydrogen-bond acceptors (Lipinski definition) is 2. The van der Waals surface area contributed by atoms with Crippen molar-refractivity contribution in [3.63, 3.8) is 0 Å². The summed E-state index contributed by atoms with van der Waals surface area (Å²) in [6.45, 7) is 2.85. The Hall–Kier alpha value is -1.81. The van der Waals surface area contributed by atoms with Crippen molar-refractivity contribution in [2.45, 2.75) is 38.1 Å². The molecule has 2 aliphatic rings. The minimum absolute atomic E-state index is 0.209. The van der Waals surface area contributed by atoms with E-state index in [0.717, 1.165) is 45.3 Å². The zero-order chi connectivity index (χ0) is 15.6. The van der Waals surface area contributed by atoms with Gasteiger partial charge in [-0.25, -0.2) is 0 Å². The number of H-pyrrole nitrogens is 1. The number of nitrogens with zero attached hydrogens (tertiary/aromatic N) is 1. The van der Waals surface area contributed by atoms with Gasteiger partial charge in [-0.2, -0.15) is 0 Å². The van der Waals surface area contributed by atoms with E-state index in [2.05, 4.69) is 45.5 Å². The number of amides is 1. The third-order valence-electron chi connectivity index (χ3n) is 5.38. The van der Waals surface area contributed by atoms with Crippen LogP contribution in [0.15, 0.2) is 30.3 Å². The molecule has 0 spiro atoms. The van der Waals surface area contributed by atoms with Gasteiger partial charge in [0.15, 0.2) is 0 Å². The van der Waals surface area contributed by atoms with Gasteiger partial charge in [0.2, 0.25) is 5.91 Å². The lowest BCUT2D eigenvalue weighted by molar-refractivity contribution is -0.140. The molecule has 4 rings (SSSR count). The third-order valence-corrected chi connectivity index (χ3v) is 5.38. The van der Waals surface area contributed by atoms with Crippen molar-refractivity contribution in [1.82, 2.24) is 15.2 Å². The number of carbonyl (C=O) groups excluding carboxylic acids is 1. The summed E-state index contributed by atoms with van der Waals surface area (Å²) in [4.78, 5) is 18.7. The molecule has 0 radical (unpaired) electrons. The van der Waals surface area contributed by atoms with Crippen LogP contribution in [-0.2, 0) is 4.79 Å². The monoisotopic (exact) mass is 311 g/mol. The molecular weight excluding hydrogens is 286 g/mol. The number of rotatable bonds is 2. The van der Waals surface area contributed by atoms with Crippen molar-refractivity contribution in [3.8, 4) is 0 Å². The summed E-state index contributed by atoms with van der Waals surface area (Å²) in [5.41, 5.74) is 2.37. The summed E-state index contributed by atoms with van der Waals surface area (Å²) >= 11 is 0. The Morgan fingerprint density at radius 2 is 1.91 bits per heavy atom. The standard InChI is InChI=1S/C19H25N3O/c23-19(14-8-10-20-11-9-14)22-12-4-3-7-18(22)17-13-15-5-1-2-6-16(15)21-17/h1-2,5-6,13-14,18,20-21H,3-4,7-12H2. The molecule has 23 heavy (non-hydrogen) atoms. The minimum Gasteiger partial charge on any atom is -0.357 e. The number of likely N-dealkylation sites (tertiary alicyclic amines) is 1. The second kappa shape index (κ2) is 6.36. The van der Waals surface area contributed by atoms with Gasteiger partial charge in [-0.1, -0.05) is 18.2 Å². The lowest BCUT2D eigenvalue weighted by Gasteiger charge is -2.38. The quantitative estimate of drug-likeness (QED) is 0.894. The molecule has 1 amide bonds. The van der Waals surface area contributed by atoms with E-state index < -0.39 is 0 Å². The number of piperidine rings is 2. The smallest absolute Gasteiger partial charge is 0.226 e. The molecule has 1 unspecified atom stereocenters. The molecule has 2 saturated heterocycles. The van der Waals surface area contributed by atoms with E-state index in [1.54, 1.807) is 0 Å². The van der Waals surface area contributed by atoms with E-state index in [0.29, 0.717) is 5.91 Å². The van der Waals surface area contributed by atoms with Crippen LogP contribution in [0.5, 0.6) is 0 Å². The van der Waals surface area contributed by atoms with Crippen molar-refractivity contribution >= 4 is 16.8 Å². The number of hydrogen-bond donors (Lipinski definition) is 2. The Balaban J connectivity index is 1.60. The first kappa shape index (κ1) is 14.8. The molecule has 0 aliphatic carbocycles. The lowest BCUT2D eigenvalue weighted by atomic mass is 9.92. The van der Waals surface area contributed by atoms with Gasteiger partial charge in [-0.3, -0.25) is 4.79 Å². The lowest BCUT2D eigenvalue weighted by Crippen LogP contribution is -2.44. The fourth-order valence-electron chi connectivity index (χ4n) is 4.10. The van der Waals surface area contributed by atoms with Gasteiger partial charge in [-0.05, 0) is 62.7 Å². The number of aromatic amines is 1. The summed E-state index contributed by atoms with van der Waals surface area (Å²) in [7, 11) is 0. The zero-order valence-electron chi connectivity index (χ0n) is 13.6. The average Bonchev–Trinajstić information content (AvgIpc) is 3.06. The number of para-hydroxylation sites is 1. The van der Waals surface area contributed by atoms with Gasteiger partial charge in [0.25, 0.3) is 0 Å². The molecule has 2 fully saturated rings. The van der Waals surface area contributed by atoms with Gasteiger partial charge in [0.05, 0.1) is 6.04 Å². The van der Waals surface area contributed by atoms with Gasteiger partial charge < -0.3 is 15.2 Å². The number of carbonyl (C=O) groups is 1. The Bertz CT molecular complexity index is 654. The van der Waals surface area contributed by atoms with Crippen LogP contribution in [0.4, 0.5) is 0 Å². The van der Waals surface area contributed by atoms with Crippen molar-refractivity contribution in [1.29, 1.82) is 0 Å². The molecule has 2 aromatic rings. The van der Waals surface area contributed by atoms with Crippen LogP contribution in [0.3, 0.4) is 0 Å². The van der Waals surface area contributed by atoms with Gasteiger partial charge in [0.1, 0.15) is 0 Å². The Kier molecular flexibility index (Phi) is 4.08. The first-order valence-corrected chi connectivity index (χ1v) is 8.92. The fourth-order valence-corrected chi connectivity index (χ4v) is 4.10. The van der Waals surface area contributed by atoms with Gasteiger partial charge >= 0.3 is 0 Å². The summed E-state index contributed by atoms with van der Waals surface area (Å²) in [5.74, 6) is 0.580. The molecule has 1 aromatic carbocycles. The van der Waals surface area contributed by atoms with Crippen LogP contribution in [0.25, 0.3) is 10.9 Å². The Morgan fingerprint density at radius 1 is 1.09 bits per heavy atom. The molecular formula is C19H25N3O. The molecule has 1 aromatic heterocycles. The molecule has 0 bridgehead atoms. The molecule has 0 saturated carbocycles. The largest absolute Gasteiger partial charge is 0.357 e. The molecule has 2 aliphatic heterocycles. The molecule has 4 heteroatoms. The van der Waals surface area contributed by atoms with Crippen molar-refractivity contribution in [2.75, 3.05) is 19.6 Å². The van der Waals surface area contributed by atoms with E-state index in [1.165, 1.54) is 23.0 Å². The topological polar surface area (TPSA) is 48.1 Å². The Labute approximate surface area is 137 Å². The fraction of sp³-hybridized carbons (Fsp3) is 0.526. The zero-order valence-corrected chi connectivity index (χ0v) is 13.6. The molecule has 3 heterocycles. The Morgan fingerprint density at radius 3 is 2.74 bits per heavy atom. The maximum atomic E-state index is 13.0. The van der Waals surface area contributed by atoms with Crippen LogP contribution in [0, 0.1) is 5.92 Å². The molecule has 2 N–H and O–H groups in total. The minimum atomic E-state index is 0.209. The predicted molar refractivity (Wildman–Crippen MR) is 92.2 cm³/mol. The van der Waals surface area contributed by atoms with E-state index in [9.17, 15) is 4.79 Å². The highest BCUT2D eigenvalue weighted by atomic mass is 16.2. The normalized spacial score (nSPS) is 23.3. The summed E-state index contributed by atoms with van der Waals surface area (Å²) < 4.78 is 0. The second-order valence-corrected chi connectivity index (χ2v) is 6.88. The van der Waals surface area contributed by atoms with Crippen LogP contribution >= 0.6 is 0 Å². The third kappa shape index (κ3) is 2.88. The van der Waals surface area contributed by atoms with E-state index in [1.807, 2.05) is 0 Å². The highest BCUT2D eigenvalue weighted by Crippen LogP contribution is 2.34. The van der Waals surface area contributed by atoms with Gasteiger partial charge in [-0.15, -0.1) is 0 Å². The van der Waals surface area contributed by atoms with Crippen molar-refractivity contribution in [2.24, 2.45) is 5.92 Å². The number of benzene rings is 1. The van der Waals surface area contributed by atoms with Crippen LogP contribution in [0.2, 0.25) is 0 Å². The van der Waals surface area contributed by atoms with E-state index in [4.69, 9.17) is 0 Å². The summed E-state index contributed by atoms with van der Waals surface area (Å²) in [6, 6.07) is 10.8. The highest BCUT2D eigenvalue weighted by Gasteiger charge is 2.33. The summed E-state index contributed by atoms with van der Waals surface area (Å²) in [5, 5.41) is 4.59. The van der Waals surface area contributed by atoms with Crippen LogP contribution < -0.4 is 5.32 Å². The number of nitrogens with one attached hydrogen (secondary N) is 2. The van der Waals surface area contributed by atoms with Gasteiger partial charge in [0, 0.05) is 23.7 Å². The first-order valence-electron chi connectivity index (χ1n) is 8.92. The summed E-state index contributed by atoms with van der Waals surface area (Å²) in [6.07, 6.45) is 5.37. The maximum Gasteiger partial charge on any atom is 0.226 e. The van der Waals surface area contributed by atoms with E-state index in [-0.39, 0.29) is 12.0 Å². The van der Waals surface area contributed by atoms with E-state index >= 15 is 0 Å². The predicted octanol–water partition coefficient (Wildman–Crippen LogP) is 3.22. The second-order valence-electron chi connectivity index (χ2n) is 6.88. The first-order chi connectivity index (χ1) is 11.3. The number of aromatic nitrogens is 1. The highest BCUT2D eigenvalue weighted by molar-refractivity contribution is 5.82. The van der Waals surface area contributed by atoms with Crippen molar-refractivity contribution in [3.05, 3.63) is 36.0 Å². The SMILES string of the molecule is O=C(C1CCNCC1)N1CCCCC1c1cc2ccccc2[nH]1. The van der Waals surface area contributed by atoms with Crippen LogP contribution in [0.1, 0.15) is 43.8 Å². The average molecular weight is 311 g/mol. The molecule has 1 atom stereocenters.